The number of fused-ring (bicyclic) bond motifs is 1. The zero-order chi connectivity index (χ0) is 17.4. The molecule has 2 aliphatic rings. The number of hydrogen-bond donors (Lipinski definition) is 1. The normalized spacial score (nSPS) is 18.4. The molecule has 0 radical (unpaired) electrons. The van der Waals surface area contributed by atoms with Gasteiger partial charge in [-0.25, -0.2) is 9.78 Å². The van der Waals surface area contributed by atoms with Crippen LogP contribution in [0.3, 0.4) is 0 Å². The molecular weight excluding hydrogens is 342 g/mol. The van der Waals surface area contributed by atoms with Crippen molar-refractivity contribution in [2.75, 3.05) is 37.9 Å². The van der Waals surface area contributed by atoms with Gasteiger partial charge in [-0.05, 0) is 24.6 Å². The van der Waals surface area contributed by atoms with Gasteiger partial charge in [0.25, 0.3) is 0 Å². The van der Waals surface area contributed by atoms with Gasteiger partial charge in [0.05, 0.1) is 6.20 Å². The highest BCUT2D eigenvalue weighted by Crippen LogP contribution is 2.35. The van der Waals surface area contributed by atoms with Gasteiger partial charge < -0.3 is 19.5 Å². The van der Waals surface area contributed by atoms with Gasteiger partial charge in [0.1, 0.15) is 4.88 Å². The molecule has 1 fully saturated rings. The Morgan fingerprint density at radius 1 is 1.24 bits per heavy atom. The molecular formula is C17H19N3O4S. The highest BCUT2D eigenvalue weighted by molar-refractivity contribution is 7.17. The van der Waals surface area contributed by atoms with E-state index in [1.807, 2.05) is 6.07 Å². The summed E-state index contributed by atoms with van der Waals surface area (Å²) in [4.78, 5) is 20.1. The Kier molecular flexibility index (Phi) is 4.22. The van der Waals surface area contributed by atoms with Crippen LogP contribution in [0.2, 0.25) is 0 Å². The van der Waals surface area contributed by atoms with Crippen LogP contribution in [0.15, 0.2) is 24.4 Å². The molecule has 7 nitrogen and oxygen atoms in total. The molecule has 8 heteroatoms. The first-order valence-electron chi connectivity index (χ1n) is 8.19. The highest BCUT2D eigenvalue weighted by atomic mass is 32.1. The van der Waals surface area contributed by atoms with E-state index in [0.29, 0.717) is 0 Å². The van der Waals surface area contributed by atoms with E-state index in [0.717, 1.165) is 42.8 Å². The van der Waals surface area contributed by atoms with Crippen molar-refractivity contribution in [3.63, 3.8) is 0 Å². The van der Waals surface area contributed by atoms with Crippen LogP contribution in [0, 0.1) is 0 Å². The summed E-state index contributed by atoms with van der Waals surface area (Å²) in [5.74, 6) is 0.699. The van der Waals surface area contributed by atoms with Crippen LogP contribution >= 0.6 is 11.3 Å². The fourth-order valence-electron chi connectivity index (χ4n) is 3.19. The van der Waals surface area contributed by atoms with Crippen molar-refractivity contribution in [1.82, 2.24) is 9.88 Å². The van der Waals surface area contributed by atoms with E-state index in [1.54, 1.807) is 0 Å². The van der Waals surface area contributed by atoms with Crippen molar-refractivity contribution >= 4 is 22.4 Å². The lowest BCUT2D eigenvalue weighted by Gasteiger charge is -2.38. The molecule has 0 saturated carbocycles. The molecule has 25 heavy (non-hydrogen) atoms. The minimum atomic E-state index is -0.918. The predicted molar refractivity (Wildman–Crippen MR) is 93.8 cm³/mol. The maximum Gasteiger partial charge on any atom is 0.347 e. The lowest BCUT2D eigenvalue weighted by Crippen LogP contribution is -2.47. The molecule has 1 aromatic heterocycles. The fraction of sp³-hybridized carbons (Fsp3) is 0.412. The SMILES string of the molecule is CC(c1ccc2c(c1)OCO2)N1CCN(c2ncc(C(=O)O)s2)CC1. The summed E-state index contributed by atoms with van der Waals surface area (Å²) < 4.78 is 10.8. The van der Waals surface area contributed by atoms with E-state index in [4.69, 9.17) is 14.6 Å². The summed E-state index contributed by atoms with van der Waals surface area (Å²) in [6.07, 6.45) is 1.43. The van der Waals surface area contributed by atoms with E-state index >= 15 is 0 Å². The Morgan fingerprint density at radius 3 is 2.72 bits per heavy atom. The first kappa shape index (κ1) is 16.2. The van der Waals surface area contributed by atoms with Crippen molar-refractivity contribution in [2.45, 2.75) is 13.0 Å². The number of hydrogen-bond acceptors (Lipinski definition) is 7. The first-order chi connectivity index (χ1) is 12.1. The quantitative estimate of drug-likeness (QED) is 0.896. The standard InChI is InChI=1S/C17H19N3O4S/c1-11(12-2-3-13-14(8-12)24-10-23-13)19-4-6-20(7-5-19)17-18-9-15(25-17)16(21)22/h2-3,8-9,11H,4-7,10H2,1H3,(H,21,22). The van der Waals surface area contributed by atoms with Crippen LogP contribution in [0.25, 0.3) is 0 Å². The fourth-order valence-corrected chi connectivity index (χ4v) is 4.00. The van der Waals surface area contributed by atoms with E-state index < -0.39 is 5.97 Å². The van der Waals surface area contributed by atoms with Crippen LogP contribution in [0.1, 0.15) is 28.2 Å². The number of carbonyl (C=O) groups is 1. The Hall–Kier alpha value is -2.32. The maximum atomic E-state index is 11.0. The number of nitrogens with zero attached hydrogens (tertiary/aromatic N) is 3. The third-order valence-electron chi connectivity index (χ3n) is 4.72. The average Bonchev–Trinajstić information content (AvgIpc) is 3.30. The molecule has 4 rings (SSSR count). The summed E-state index contributed by atoms with van der Waals surface area (Å²) in [6, 6.07) is 6.39. The van der Waals surface area contributed by atoms with E-state index in [2.05, 4.69) is 33.8 Å². The second-order valence-corrected chi connectivity index (χ2v) is 7.13. The molecule has 3 heterocycles. The number of aromatic carboxylic acids is 1. The number of ether oxygens (including phenoxy) is 2. The number of rotatable bonds is 4. The third-order valence-corrected chi connectivity index (χ3v) is 5.76. The largest absolute Gasteiger partial charge is 0.477 e. The minimum absolute atomic E-state index is 0.280. The van der Waals surface area contributed by atoms with Crippen molar-refractivity contribution < 1.29 is 19.4 Å². The minimum Gasteiger partial charge on any atom is -0.477 e. The number of aromatic nitrogens is 1. The van der Waals surface area contributed by atoms with E-state index in [9.17, 15) is 4.79 Å². The third kappa shape index (κ3) is 3.14. The van der Waals surface area contributed by atoms with Crippen LogP contribution in [-0.2, 0) is 0 Å². The van der Waals surface area contributed by atoms with Crippen molar-refractivity contribution in [3.8, 4) is 11.5 Å². The van der Waals surface area contributed by atoms with Crippen molar-refractivity contribution in [2.24, 2.45) is 0 Å². The molecule has 1 N–H and O–H groups in total. The van der Waals surface area contributed by atoms with Gasteiger partial charge in [-0.2, -0.15) is 0 Å². The summed E-state index contributed by atoms with van der Waals surface area (Å²) >= 11 is 1.23. The molecule has 1 saturated heterocycles. The summed E-state index contributed by atoms with van der Waals surface area (Å²) in [7, 11) is 0. The summed E-state index contributed by atoms with van der Waals surface area (Å²) in [5, 5.41) is 9.81. The molecule has 2 aliphatic heterocycles. The molecule has 0 bridgehead atoms. The number of carboxylic acids is 1. The Bertz CT molecular complexity index is 786. The van der Waals surface area contributed by atoms with Gasteiger partial charge in [-0.1, -0.05) is 17.4 Å². The maximum absolute atomic E-state index is 11.0. The number of benzene rings is 1. The topological polar surface area (TPSA) is 75.1 Å². The molecule has 1 atom stereocenters. The van der Waals surface area contributed by atoms with E-state index in [-0.39, 0.29) is 17.7 Å². The molecule has 0 spiro atoms. The summed E-state index contributed by atoms with van der Waals surface area (Å²) in [5.41, 5.74) is 1.21. The van der Waals surface area contributed by atoms with Crippen LogP contribution in [0.4, 0.5) is 5.13 Å². The highest BCUT2D eigenvalue weighted by Gasteiger charge is 2.25. The Balaban J connectivity index is 1.40. The van der Waals surface area contributed by atoms with Crippen LogP contribution < -0.4 is 14.4 Å². The first-order valence-corrected chi connectivity index (χ1v) is 9.01. The molecule has 0 aliphatic carbocycles. The second-order valence-electron chi connectivity index (χ2n) is 6.12. The van der Waals surface area contributed by atoms with Crippen LogP contribution in [0.5, 0.6) is 11.5 Å². The Labute approximate surface area is 149 Å². The monoisotopic (exact) mass is 361 g/mol. The lowest BCUT2D eigenvalue weighted by atomic mass is 10.1. The Morgan fingerprint density at radius 2 is 2.00 bits per heavy atom. The molecule has 2 aromatic rings. The van der Waals surface area contributed by atoms with E-state index in [1.165, 1.54) is 23.1 Å². The van der Waals surface area contributed by atoms with Gasteiger partial charge in [0.15, 0.2) is 16.6 Å². The van der Waals surface area contributed by atoms with Gasteiger partial charge in [-0.3, -0.25) is 4.90 Å². The molecule has 1 aromatic carbocycles. The number of anilines is 1. The zero-order valence-electron chi connectivity index (χ0n) is 13.8. The molecule has 0 amide bonds. The number of thiazole rings is 1. The number of carboxylic acid groups (broad SMARTS) is 1. The molecule has 132 valence electrons. The zero-order valence-corrected chi connectivity index (χ0v) is 14.7. The van der Waals surface area contributed by atoms with Gasteiger partial charge in [0.2, 0.25) is 6.79 Å². The van der Waals surface area contributed by atoms with Crippen molar-refractivity contribution in [1.29, 1.82) is 0 Å². The van der Waals surface area contributed by atoms with Gasteiger partial charge >= 0.3 is 5.97 Å². The lowest BCUT2D eigenvalue weighted by molar-refractivity contribution is 0.0702. The summed E-state index contributed by atoms with van der Waals surface area (Å²) in [6.45, 7) is 5.95. The number of piperazine rings is 1. The second kappa shape index (κ2) is 6.53. The predicted octanol–water partition coefficient (Wildman–Crippen LogP) is 2.45. The smallest absolute Gasteiger partial charge is 0.347 e. The van der Waals surface area contributed by atoms with Crippen LogP contribution in [-0.4, -0.2) is 53.9 Å². The van der Waals surface area contributed by atoms with Crippen molar-refractivity contribution in [3.05, 3.63) is 34.8 Å². The molecule has 1 unspecified atom stereocenters. The van der Waals surface area contributed by atoms with Gasteiger partial charge in [-0.15, -0.1) is 0 Å². The average molecular weight is 361 g/mol. The van der Waals surface area contributed by atoms with Gasteiger partial charge in [0, 0.05) is 32.2 Å².